The van der Waals surface area contributed by atoms with E-state index in [-0.39, 0.29) is 18.4 Å². The summed E-state index contributed by atoms with van der Waals surface area (Å²) in [4.78, 5) is 15.3. The molecule has 5 nitrogen and oxygen atoms in total. The first-order valence-electron chi connectivity index (χ1n) is 7.36. The van der Waals surface area contributed by atoms with Crippen LogP contribution in [0.2, 0.25) is 0 Å². The third-order valence-electron chi connectivity index (χ3n) is 3.80. The molecular formula is C16H21N3O2S. The van der Waals surface area contributed by atoms with E-state index in [4.69, 9.17) is 12.2 Å². The molecule has 1 aromatic carbocycles. The molecule has 0 aliphatic rings. The normalized spacial score (nSPS) is 13.6. The second-order valence-corrected chi connectivity index (χ2v) is 5.70. The number of nitrogens with zero attached hydrogens (tertiary/aromatic N) is 1. The van der Waals surface area contributed by atoms with Crippen LogP contribution in [0.4, 0.5) is 0 Å². The van der Waals surface area contributed by atoms with Gasteiger partial charge in [-0.2, -0.15) is 0 Å². The smallest absolute Gasteiger partial charge is 0.269 e. The molecule has 1 heterocycles. The lowest BCUT2D eigenvalue weighted by Gasteiger charge is -2.17. The predicted molar refractivity (Wildman–Crippen MR) is 88.7 cm³/mol. The Hall–Kier alpha value is -1.92. The largest absolute Gasteiger partial charge is 0.391 e. The molecule has 0 radical (unpaired) electrons. The summed E-state index contributed by atoms with van der Waals surface area (Å²) in [6.07, 6.45) is 1.89. The van der Waals surface area contributed by atoms with E-state index < -0.39 is 6.10 Å². The van der Waals surface area contributed by atoms with E-state index in [1.807, 2.05) is 44.2 Å². The minimum absolute atomic E-state index is 0.141. The van der Waals surface area contributed by atoms with Crippen LogP contribution >= 0.6 is 12.2 Å². The number of aromatic nitrogens is 2. The van der Waals surface area contributed by atoms with Gasteiger partial charge in [0.25, 0.3) is 5.91 Å². The van der Waals surface area contributed by atoms with Gasteiger partial charge in [0.15, 0.2) is 4.77 Å². The first kappa shape index (κ1) is 16.5. The van der Waals surface area contributed by atoms with E-state index >= 15 is 0 Å². The van der Waals surface area contributed by atoms with Crippen molar-refractivity contribution in [1.82, 2.24) is 14.9 Å². The number of hydrogen-bond donors (Lipinski definition) is 3. The zero-order chi connectivity index (χ0) is 16.1. The number of rotatable bonds is 6. The van der Waals surface area contributed by atoms with Gasteiger partial charge in [-0.25, -0.2) is 0 Å². The highest BCUT2D eigenvalue weighted by molar-refractivity contribution is 7.71. The molecule has 3 N–H and O–H groups in total. The second kappa shape index (κ2) is 7.38. The third-order valence-corrected chi connectivity index (χ3v) is 4.10. The Bertz CT molecular complexity index is 678. The molecule has 0 bridgehead atoms. The van der Waals surface area contributed by atoms with Crippen LogP contribution in [-0.4, -0.2) is 33.2 Å². The molecule has 0 aliphatic carbocycles. The number of carbonyl (C=O) groups is 1. The number of H-pyrrole nitrogens is 1. The molecule has 0 saturated carbocycles. The molecule has 1 aromatic heterocycles. The van der Waals surface area contributed by atoms with Crippen molar-refractivity contribution in [3.63, 3.8) is 0 Å². The van der Waals surface area contributed by atoms with Gasteiger partial charge in [0.1, 0.15) is 5.69 Å². The van der Waals surface area contributed by atoms with Gasteiger partial charge in [-0.3, -0.25) is 9.36 Å². The summed E-state index contributed by atoms with van der Waals surface area (Å²) >= 11 is 5.25. The number of benzene rings is 1. The first-order chi connectivity index (χ1) is 10.5. The molecule has 0 unspecified atom stereocenters. The molecule has 6 heteroatoms. The van der Waals surface area contributed by atoms with Crippen LogP contribution in [0.15, 0.2) is 36.5 Å². The van der Waals surface area contributed by atoms with E-state index in [9.17, 15) is 9.90 Å². The lowest BCUT2D eigenvalue weighted by atomic mass is 10.0. The molecule has 2 atom stereocenters. The first-order valence-corrected chi connectivity index (χ1v) is 7.77. The predicted octanol–water partition coefficient (Wildman–Crippen LogP) is 2.67. The highest BCUT2D eigenvalue weighted by atomic mass is 32.1. The Balaban J connectivity index is 2.17. The Morgan fingerprint density at radius 1 is 1.41 bits per heavy atom. The SMILES string of the molecule is CC[C@@H](C)[C@H](O)CNC(=O)c1c[nH]c(=S)n1-c1ccccc1. The highest BCUT2D eigenvalue weighted by Gasteiger charge is 2.17. The topological polar surface area (TPSA) is 70.1 Å². The van der Waals surface area contributed by atoms with Crippen LogP contribution in [-0.2, 0) is 0 Å². The number of aromatic amines is 1. The van der Waals surface area contributed by atoms with Crippen LogP contribution in [0.25, 0.3) is 5.69 Å². The van der Waals surface area contributed by atoms with Crippen LogP contribution in [0, 0.1) is 10.7 Å². The van der Waals surface area contributed by atoms with Crippen LogP contribution < -0.4 is 5.32 Å². The lowest BCUT2D eigenvalue weighted by Crippen LogP contribution is -2.36. The number of amides is 1. The Morgan fingerprint density at radius 2 is 2.09 bits per heavy atom. The molecule has 1 amide bonds. The molecule has 2 rings (SSSR count). The van der Waals surface area contributed by atoms with Crippen molar-refractivity contribution in [3.05, 3.63) is 47.0 Å². The summed E-state index contributed by atoms with van der Waals surface area (Å²) in [5, 5.41) is 12.7. The third kappa shape index (κ3) is 3.64. The van der Waals surface area contributed by atoms with Gasteiger partial charge in [0, 0.05) is 18.4 Å². The summed E-state index contributed by atoms with van der Waals surface area (Å²) < 4.78 is 2.14. The van der Waals surface area contributed by atoms with Crippen LogP contribution in [0.3, 0.4) is 0 Å². The van der Waals surface area contributed by atoms with Gasteiger partial charge >= 0.3 is 0 Å². The van der Waals surface area contributed by atoms with Gasteiger partial charge < -0.3 is 15.4 Å². The number of hydrogen-bond acceptors (Lipinski definition) is 3. The molecule has 0 aliphatic heterocycles. The maximum atomic E-state index is 12.4. The molecule has 2 aromatic rings. The minimum atomic E-state index is -0.555. The number of aliphatic hydroxyl groups is 1. The Kier molecular flexibility index (Phi) is 5.51. The summed E-state index contributed by atoms with van der Waals surface area (Å²) in [6.45, 7) is 4.19. The maximum absolute atomic E-state index is 12.4. The summed E-state index contributed by atoms with van der Waals surface area (Å²) in [6, 6.07) is 9.45. The van der Waals surface area contributed by atoms with Crippen LogP contribution in [0.1, 0.15) is 30.8 Å². The fraction of sp³-hybridized carbons (Fsp3) is 0.375. The quantitative estimate of drug-likeness (QED) is 0.717. The van der Waals surface area contributed by atoms with Crippen molar-refractivity contribution < 1.29 is 9.90 Å². The van der Waals surface area contributed by atoms with Gasteiger partial charge in [-0.1, -0.05) is 38.5 Å². The lowest BCUT2D eigenvalue weighted by molar-refractivity contribution is 0.0844. The zero-order valence-corrected chi connectivity index (χ0v) is 13.6. The number of imidazole rings is 1. The van der Waals surface area contributed by atoms with Gasteiger partial charge in [-0.05, 0) is 30.3 Å². The van der Waals surface area contributed by atoms with E-state index in [1.165, 1.54) is 0 Å². The fourth-order valence-electron chi connectivity index (χ4n) is 2.13. The van der Waals surface area contributed by atoms with Crippen molar-refractivity contribution in [2.24, 2.45) is 5.92 Å². The minimum Gasteiger partial charge on any atom is -0.391 e. The highest BCUT2D eigenvalue weighted by Crippen LogP contribution is 2.13. The molecule has 0 saturated heterocycles. The summed E-state index contributed by atoms with van der Waals surface area (Å²) in [7, 11) is 0. The molecule has 118 valence electrons. The van der Waals surface area contributed by atoms with Crippen molar-refractivity contribution in [1.29, 1.82) is 0 Å². The Labute approximate surface area is 135 Å². The molecular weight excluding hydrogens is 298 g/mol. The maximum Gasteiger partial charge on any atom is 0.269 e. The van der Waals surface area contributed by atoms with Gasteiger partial charge in [-0.15, -0.1) is 0 Å². The average molecular weight is 319 g/mol. The molecule has 22 heavy (non-hydrogen) atoms. The van der Waals surface area contributed by atoms with E-state index in [1.54, 1.807) is 10.8 Å². The zero-order valence-electron chi connectivity index (χ0n) is 12.7. The molecule has 0 fully saturated rings. The number of nitrogens with one attached hydrogen (secondary N) is 2. The summed E-state index contributed by atoms with van der Waals surface area (Å²) in [5.41, 5.74) is 1.24. The van der Waals surface area contributed by atoms with E-state index in [2.05, 4.69) is 10.3 Å². The van der Waals surface area contributed by atoms with Crippen molar-refractivity contribution in [3.8, 4) is 5.69 Å². The number of carbonyl (C=O) groups excluding carboxylic acids is 1. The van der Waals surface area contributed by atoms with Crippen molar-refractivity contribution in [2.75, 3.05) is 6.54 Å². The number of para-hydroxylation sites is 1. The van der Waals surface area contributed by atoms with Gasteiger partial charge in [0.2, 0.25) is 0 Å². The second-order valence-electron chi connectivity index (χ2n) is 5.31. The fourth-order valence-corrected chi connectivity index (χ4v) is 2.39. The van der Waals surface area contributed by atoms with Crippen LogP contribution in [0.5, 0.6) is 0 Å². The number of aliphatic hydroxyl groups excluding tert-OH is 1. The van der Waals surface area contributed by atoms with E-state index in [0.29, 0.717) is 10.5 Å². The standard InChI is InChI=1S/C16H21N3O2S/c1-3-11(2)14(20)10-17-15(21)13-9-18-16(22)19(13)12-7-5-4-6-8-12/h4-9,11,14,20H,3,10H2,1-2H3,(H,17,21)(H,18,22)/t11-,14-/m1/s1. The Morgan fingerprint density at radius 3 is 2.73 bits per heavy atom. The molecule has 0 spiro atoms. The monoisotopic (exact) mass is 319 g/mol. The summed E-state index contributed by atoms with van der Waals surface area (Å²) in [5.74, 6) is -0.124. The van der Waals surface area contributed by atoms with Crippen molar-refractivity contribution in [2.45, 2.75) is 26.4 Å². The average Bonchev–Trinajstić information content (AvgIpc) is 2.94. The van der Waals surface area contributed by atoms with E-state index in [0.717, 1.165) is 12.1 Å². The van der Waals surface area contributed by atoms with Gasteiger partial charge in [0.05, 0.1) is 6.10 Å². The van der Waals surface area contributed by atoms with Crippen molar-refractivity contribution >= 4 is 18.1 Å².